The molecule has 4 aromatic carbocycles. The van der Waals surface area contributed by atoms with Crippen molar-refractivity contribution in [2.24, 2.45) is 0 Å². The van der Waals surface area contributed by atoms with Crippen molar-refractivity contribution in [1.82, 2.24) is 19.9 Å². The van der Waals surface area contributed by atoms with Crippen LogP contribution in [0, 0.1) is 0 Å². The maximum atomic E-state index is 5.37. The van der Waals surface area contributed by atoms with E-state index in [0.717, 1.165) is 93.8 Å². The summed E-state index contributed by atoms with van der Waals surface area (Å²) < 4.78 is 0.952. The Morgan fingerprint density at radius 2 is 0.714 bits per heavy atom. The topological polar surface area (TPSA) is 57.4 Å². The summed E-state index contributed by atoms with van der Waals surface area (Å²) in [5, 5.41) is 0. The molecular weight excluding hydrogens is 639 g/mol. The van der Waals surface area contributed by atoms with Gasteiger partial charge >= 0.3 is 294 Å². The summed E-state index contributed by atoms with van der Waals surface area (Å²) >= 11 is 3.96. The third kappa shape index (κ3) is 5.26. The van der Waals surface area contributed by atoms with Crippen molar-refractivity contribution in [3.8, 4) is 44.5 Å². The van der Waals surface area contributed by atoms with E-state index in [4.69, 9.17) is 9.97 Å². The number of aromatic nitrogens is 4. The maximum absolute atomic E-state index is 5.37. The van der Waals surface area contributed by atoms with Crippen LogP contribution in [-0.2, 0) is 16.0 Å². The van der Waals surface area contributed by atoms with Crippen LogP contribution in [-0.4, -0.2) is 19.9 Å². The van der Waals surface area contributed by atoms with Gasteiger partial charge in [0.25, 0.3) is 0 Å². The third-order valence-electron chi connectivity index (χ3n) is 9.07. The minimum atomic E-state index is 0.883. The molecule has 9 rings (SSSR count). The van der Waals surface area contributed by atoms with Crippen LogP contribution in [0.3, 0.4) is 0 Å². The summed E-state index contributed by atoms with van der Waals surface area (Å²) in [4.78, 5) is 18.4. The molecule has 0 spiro atoms. The van der Waals surface area contributed by atoms with Crippen molar-refractivity contribution in [2.75, 3.05) is 0 Å². The van der Waals surface area contributed by atoms with Crippen LogP contribution in [0.4, 0.5) is 0 Å². The number of fused-ring (bicyclic) bond motifs is 8. The quantitative estimate of drug-likeness (QED) is 0.183. The van der Waals surface area contributed by atoms with Gasteiger partial charge in [-0.1, -0.05) is 0 Å². The van der Waals surface area contributed by atoms with Gasteiger partial charge in [-0.15, -0.1) is 0 Å². The Labute approximate surface area is 292 Å². The van der Waals surface area contributed by atoms with E-state index in [-0.39, 0.29) is 0 Å². The predicted octanol–water partition coefficient (Wildman–Crippen LogP) is 10.5. The summed E-state index contributed by atoms with van der Waals surface area (Å²) in [6.45, 7) is 0. The first kappa shape index (κ1) is 29.2. The van der Waals surface area contributed by atoms with Crippen LogP contribution in [0.25, 0.3) is 90.9 Å². The Kier molecular flexibility index (Phi) is 7.27. The van der Waals surface area contributed by atoms with Gasteiger partial charge < -0.3 is 0 Å². The standard InChI is InChI=1S/C44H29N4.Mn/c1-5-13-29(14-6-1)41-33-21-23-35(45-33)42(30-15-7-2-8-16-30)37-25-27-39(47-37)44(32-19-11-4-12-20-32)40-28-26-38(48-40)43(31-17-9-3-10-18-31)36-24-22-34(41)46-36;/h1-27,45,48H;. The van der Waals surface area contributed by atoms with E-state index in [1.165, 1.54) is 0 Å². The van der Waals surface area contributed by atoms with E-state index in [2.05, 4.69) is 166 Å². The summed E-state index contributed by atoms with van der Waals surface area (Å²) in [5.41, 5.74) is 15.9. The van der Waals surface area contributed by atoms with Gasteiger partial charge in [-0.2, -0.15) is 0 Å². The van der Waals surface area contributed by atoms with Crippen LogP contribution >= 0.6 is 0 Å². The number of benzene rings is 4. The molecule has 49 heavy (non-hydrogen) atoms. The number of nitrogens with zero attached hydrogens (tertiary/aromatic N) is 2. The van der Waals surface area contributed by atoms with Crippen LogP contribution < -0.4 is 4.46 Å². The molecule has 2 N–H and O–H groups in total. The van der Waals surface area contributed by atoms with E-state index < -0.39 is 0 Å². The number of hydrogen-bond acceptors (Lipinski definition) is 2. The molecule has 0 atom stereocenters. The molecule has 4 nitrogen and oxygen atoms in total. The van der Waals surface area contributed by atoms with Gasteiger partial charge in [0.15, 0.2) is 0 Å². The fourth-order valence-electron chi connectivity index (χ4n) is 6.88. The van der Waals surface area contributed by atoms with Crippen molar-refractivity contribution >= 4 is 50.8 Å². The molecule has 0 amide bonds. The second-order valence-corrected chi connectivity index (χ2v) is 12.7. The molecule has 0 fully saturated rings. The molecule has 0 saturated heterocycles. The van der Waals surface area contributed by atoms with E-state index in [0.29, 0.717) is 0 Å². The fourth-order valence-corrected chi connectivity index (χ4v) is 7.27. The first-order chi connectivity index (χ1) is 24.2. The summed E-state index contributed by atoms with van der Waals surface area (Å²) in [5.74, 6) is 0. The Bertz CT molecular complexity index is 2580. The van der Waals surface area contributed by atoms with Gasteiger partial charge in [-0.05, 0) is 0 Å². The first-order valence-electron chi connectivity index (χ1n) is 16.3. The molecular formula is C44H29MnN4. The summed E-state index contributed by atoms with van der Waals surface area (Å²) in [6.07, 6.45) is 8.52. The van der Waals surface area contributed by atoms with Crippen LogP contribution in [0.1, 0.15) is 22.8 Å². The predicted molar refractivity (Wildman–Crippen MR) is 200 cm³/mol. The number of aromatic amines is 2. The average molecular weight is 669 g/mol. The normalized spacial score (nSPS) is 12.0. The van der Waals surface area contributed by atoms with Gasteiger partial charge in [0, 0.05) is 0 Å². The third-order valence-corrected chi connectivity index (χ3v) is 9.53. The van der Waals surface area contributed by atoms with Crippen LogP contribution in [0.5, 0.6) is 0 Å². The molecule has 7 aromatic rings. The Hall–Kier alpha value is -6.00. The number of nitrogens with one attached hydrogen (secondary N) is 2. The number of H-pyrrole nitrogens is 2. The molecule has 5 heterocycles. The molecule has 232 valence electrons. The second-order valence-electron chi connectivity index (χ2n) is 12.1. The van der Waals surface area contributed by atoms with E-state index in [1.54, 1.807) is 0 Å². The number of rotatable bonds is 4. The van der Waals surface area contributed by atoms with Crippen LogP contribution in [0.15, 0.2) is 140 Å². The first-order valence-corrected chi connectivity index (χ1v) is 16.9. The van der Waals surface area contributed by atoms with Gasteiger partial charge in [0.2, 0.25) is 0 Å². The molecule has 0 aliphatic carbocycles. The van der Waals surface area contributed by atoms with E-state index in [1.807, 2.05) is 24.3 Å². The summed E-state index contributed by atoms with van der Waals surface area (Å²) in [7, 11) is 0. The monoisotopic (exact) mass is 668 g/mol. The Morgan fingerprint density at radius 3 is 1.12 bits per heavy atom. The SMILES string of the molecule is [Mn][c]1cc2[nH]c1c(-c1ccccc1)c1nc(c(-c3ccccc3)c3ccc([nH]3)c(-c3ccccc3)c3nc(c2-c2ccccc2)C=C3)C=C1. The molecule has 2 aliphatic rings. The van der Waals surface area contributed by atoms with Gasteiger partial charge in [-0.25, -0.2) is 0 Å². The van der Waals surface area contributed by atoms with Crippen molar-refractivity contribution in [3.05, 3.63) is 162 Å². The van der Waals surface area contributed by atoms with E-state index >= 15 is 0 Å². The summed E-state index contributed by atoms with van der Waals surface area (Å²) in [6, 6.07) is 48.4. The second kappa shape index (κ2) is 12.2. The van der Waals surface area contributed by atoms with Crippen molar-refractivity contribution in [3.63, 3.8) is 0 Å². The van der Waals surface area contributed by atoms with Gasteiger partial charge in [0.1, 0.15) is 0 Å². The molecule has 0 unspecified atom stereocenters. The zero-order valence-corrected chi connectivity index (χ0v) is 27.5. The fraction of sp³-hybridized carbons (Fsp3) is 0. The van der Waals surface area contributed by atoms with Crippen molar-refractivity contribution < 1.29 is 16.0 Å². The molecule has 8 bridgehead atoms. The van der Waals surface area contributed by atoms with E-state index in [9.17, 15) is 0 Å². The zero-order valence-electron chi connectivity index (χ0n) is 26.4. The number of hydrogen-bond donors (Lipinski definition) is 2. The molecule has 5 heteroatoms. The van der Waals surface area contributed by atoms with Crippen LogP contribution in [0.2, 0.25) is 0 Å². The van der Waals surface area contributed by atoms with Crippen molar-refractivity contribution in [1.29, 1.82) is 0 Å². The average Bonchev–Trinajstić information content (AvgIpc) is 3.98. The molecule has 2 aliphatic heterocycles. The minimum absolute atomic E-state index is 0.883. The Morgan fingerprint density at radius 1 is 0.367 bits per heavy atom. The Balaban J connectivity index is 1.51. The van der Waals surface area contributed by atoms with Crippen molar-refractivity contribution in [2.45, 2.75) is 0 Å². The zero-order chi connectivity index (χ0) is 32.7. The van der Waals surface area contributed by atoms with Gasteiger partial charge in [-0.3, -0.25) is 0 Å². The molecule has 0 radical (unpaired) electrons. The molecule has 0 saturated carbocycles. The van der Waals surface area contributed by atoms with Gasteiger partial charge in [0.05, 0.1) is 0 Å². The molecule has 3 aromatic heterocycles.